The maximum atomic E-state index is 11.3. The molecule has 0 spiro atoms. The summed E-state index contributed by atoms with van der Waals surface area (Å²) in [6, 6.07) is 8.06. The Hall–Kier alpha value is -1.16. The van der Waals surface area contributed by atoms with Crippen LogP contribution >= 0.6 is 0 Å². The van der Waals surface area contributed by atoms with Crippen molar-refractivity contribution in [3.8, 4) is 0 Å². The lowest BCUT2D eigenvalue weighted by atomic mass is 10.1. The van der Waals surface area contributed by atoms with Gasteiger partial charge >= 0.3 is 0 Å². The predicted octanol–water partition coefficient (Wildman–Crippen LogP) is 1.98. The molecule has 1 aliphatic heterocycles. The molecule has 17 heavy (non-hydrogen) atoms. The van der Waals surface area contributed by atoms with E-state index in [-0.39, 0.29) is 5.25 Å². The molecule has 0 bridgehead atoms. The van der Waals surface area contributed by atoms with Crippen molar-refractivity contribution in [3.63, 3.8) is 0 Å². The van der Waals surface area contributed by atoms with Gasteiger partial charge in [0.2, 0.25) is 0 Å². The van der Waals surface area contributed by atoms with Gasteiger partial charge in [0, 0.05) is 41.0 Å². The topological polar surface area (TPSA) is 44.2 Å². The summed E-state index contributed by atoms with van der Waals surface area (Å²) in [6.45, 7) is 3.63. The van der Waals surface area contributed by atoms with Gasteiger partial charge in [0.1, 0.15) is 5.84 Å². The molecule has 3 nitrogen and oxygen atoms in total. The largest absolute Gasteiger partial charge is 0.352 e. The predicted molar refractivity (Wildman–Crippen MR) is 71.8 cm³/mol. The van der Waals surface area contributed by atoms with Gasteiger partial charge in [-0.05, 0) is 12.0 Å². The van der Waals surface area contributed by atoms with E-state index in [9.17, 15) is 4.21 Å². The molecule has 1 heterocycles. The van der Waals surface area contributed by atoms with E-state index in [0.717, 1.165) is 25.1 Å². The molecule has 0 radical (unpaired) electrons. The third-order valence-electron chi connectivity index (χ3n) is 3.32. The second kappa shape index (κ2) is 5.00. The van der Waals surface area contributed by atoms with E-state index in [0.29, 0.717) is 5.84 Å². The van der Waals surface area contributed by atoms with Crippen LogP contribution in [0.25, 0.3) is 0 Å². The van der Waals surface area contributed by atoms with Crippen LogP contribution in [0, 0.1) is 5.41 Å². The lowest BCUT2D eigenvalue weighted by Crippen LogP contribution is -2.28. The minimum Gasteiger partial charge on any atom is -0.352 e. The number of fused-ring (bicyclic) bond motifs is 1. The zero-order valence-corrected chi connectivity index (χ0v) is 11.1. The van der Waals surface area contributed by atoms with Crippen LogP contribution in [0.15, 0.2) is 24.3 Å². The van der Waals surface area contributed by atoms with Gasteiger partial charge in [-0.25, -0.2) is 0 Å². The highest BCUT2D eigenvalue weighted by Crippen LogP contribution is 2.22. The van der Waals surface area contributed by atoms with E-state index in [1.165, 1.54) is 5.56 Å². The van der Waals surface area contributed by atoms with Crippen LogP contribution < -0.4 is 0 Å². The summed E-state index contributed by atoms with van der Waals surface area (Å²) in [7, 11) is -0.769. The molecule has 2 rings (SSSR count). The molecule has 1 N–H and O–H groups in total. The standard InChI is InChI=1S/C13H18N2OS/c1-10(17(2)16)7-8-15-9-11-5-3-4-6-12(11)13(15)14/h3-6,10,14H,7-9H2,1-2H3. The number of benzene rings is 1. The first-order valence-corrected chi connectivity index (χ1v) is 7.45. The van der Waals surface area contributed by atoms with Crippen molar-refractivity contribution in [2.75, 3.05) is 12.8 Å². The molecule has 0 aromatic heterocycles. The molecule has 1 aromatic rings. The van der Waals surface area contributed by atoms with Crippen LogP contribution in [0.4, 0.5) is 0 Å². The van der Waals surface area contributed by atoms with Crippen molar-refractivity contribution in [2.24, 2.45) is 0 Å². The number of rotatable bonds is 4. The first-order chi connectivity index (χ1) is 8.09. The molecule has 92 valence electrons. The Morgan fingerprint density at radius 2 is 2.18 bits per heavy atom. The summed E-state index contributed by atoms with van der Waals surface area (Å²) < 4.78 is 11.3. The smallest absolute Gasteiger partial charge is 0.128 e. The van der Waals surface area contributed by atoms with Gasteiger partial charge in [0.05, 0.1) is 0 Å². The molecule has 1 aliphatic rings. The van der Waals surface area contributed by atoms with Crippen molar-refractivity contribution in [1.82, 2.24) is 4.90 Å². The fourth-order valence-electron chi connectivity index (χ4n) is 2.04. The normalized spacial score (nSPS) is 18.0. The molecular formula is C13H18N2OS. The fourth-order valence-corrected chi connectivity index (χ4v) is 2.48. The zero-order chi connectivity index (χ0) is 12.4. The number of amidine groups is 1. The highest BCUT2D eigenvalue weighted by atomic mass is 32.2. The highest BCUT2D eigenvalue weighted by Gasteiger charge is 2.23. The molecule has 0 fully saturated rings. The van der Waals surface area contributed by atoms with Gasteiger partial charge in [-0.1, -0.05) is 31.2 Å². The zero-order valence-electron chi connectivity index (χ0n) is 10.3. The number of nitrogens with zero attached hydrogens (tertiary/aromatic N) is 1. The van der Waals surface area contributed by atoms with Crippen molar-refractivity contribution in [2.45, 2.75) is 25.1 Å². The van der Waals surface area contributed by atoms with E-state index in [1.807, 2.05) is 25.1 Å². The third-order valence-corrected chi connectivity index (χ3v) is 4.69. The Balaban J connectivity index is 1.99. The molecule has 0 saturated carbocycles. The summed E-state index contributed by atoms with van der Waals surface area (Å²) in [6.07, 6.45) is 2.62. The first kappa shape index (κ1) is 12.3. The van der Waals surface area contributed by atoms with E-state index < -0.39 is 10.8 Å². The average molecular weight is 250 g/mol. The van der Waals surface area contributed by atoms with E-state index in [1.54, 1.807) is 6.26 Å². The number of hydrogen-bond acceptors (Lipinski definition) is 2. The van der Waals surface area contributed by atoms with Gasteiger partial charge in [0.15, 0.2) is 0 Å². The number of nitrogens with one attached hydrogen (secondary N) is 1. The Morgan fingerprint density at radius 1 is 1.47 bits per heavy atom. The van der Waals surface area contributed by atoms with E-state index in [2.05, 4.69) is 11.0 Å². The molecule has 4 heteroatoms. The second-order valence-corrected chi connectivity index (χ2v) is 6.33. The van der Waals surface area contributed by atoms with Crippen LogP contribution in [0.1, 0.15) is 24.5 Å². The van der Waals surface area contributed by atoms with Crippen LogP contribution in [0.5, 0.6) is 0 Å². The first-order valence-electron chi connectivity index (χ1n) is 5.83. The molecule has 2 atom stereocenters. The molecule has 0 saturated heterocycles. The summed E-state index contributed by atoms with van der Waals surface area (Å²) in [5.74, 6) is 0.606. The van der Waals surface area contributed by atoms with Crippen LogP contribution in [0.3, 0.4) is 0 Å². The van der Waals surface area contributed by atoms with Crippen LogP contribution in [-0.2, 0) is 17.3 Å². The Labute approximate surface area is 105 Å². The Bertz CT molecular complexity index is 458. The summed E-state index contributed by atoms with van der Waals surface area (Å²) in [4.78, 5) is 2.06. The van der Waals surface area contributed by atoms with Crippen LogP contribution in [-0.4, -0.2) is 33.0 Å². The minimum absolute atomic E-state index is 0.200. The summed E-state index contributed by atoms with van der Waals surface area (Å²) >= 11 is 0. The van der Waals surface area contributed by atoms with E-state index in [4.69, 9.17) is 5.41 Å². The van der Waals surface area contributed by atoms with Crippen molar-refractivity contribution < 1.29 is 4.21 Å². The Kier molecular flexibility index (Phi) is 3.62. The lowest BCUT2D eigenvalue weighted by Gasteiger charge is -2.19. The minimum atomic E-state index is -0.769. The second-order valence-electron chi connectivity index (χ2n) is 4.53. The highest BCUT2D eigenvalue weighted by molar-refractivity contribution is 7.84. The summed E-state index contributed by atoms with van der Waals surface area (Å²) in [5, 5.41) is 8.29. The van der Waals surface area contributed by atoms with Crippen molar-refractivity contribution in [1.29, 1.82) is 5.41 Å². The maximum Gasteiger partial charge on any atom is 0.128 e. The van der Waals surface area contributed by atoms with Gasteiger partial charge in [-0.15, -0.1) is 0 Å². The molecule has 0 aliphatic carbocycles. The maximum absolute atomic E-state index is 11.3. The number of hydrogen-bond donors (Lipinski definition) is 1. The monoisotopic (exact) mass is 250 g/mol. The van der Waals surface area contributed by atoms with E-state index >= 15 is 0 Å². The SMILES string of the molecule is CC(CCN1Cc2ccccc2C1=N)S(C)=O. The average Bonchev–Trinajstić information content (AvgIpc) is 2.64. The van der Waals surface area contributed by atoms with Gasteiger partial charge in [-0.2, -0.15) is 0 Å². The van der Waals surface area contributed by atoms with Crippen molar-refractivity contribution >= 4 is 16.6 Å². The molecular weight excluding hydrogens is 232 g/mol. The molecule has 1 aromatic carbocycles. The molecule has 0 amide bonds. The quantitative estimate of drug-likeness (QED) is 0.888. The lowest BCUT2D eigenvalue weighted by molar-refractivity contribution is 0.417. The third kappa shape index (κ3) is 2.57. The van der Waals surface area contributed by atoms with Gasteiger partial charge < -0.3 is 4.90 Å². The van der Waals surface area contributed by atoms with Gasteiger partial charge in [-0.3, -0.25) is 9.62 Å². The Morgan fingerprint density at radius 3 is 2.82 bits per heavy atom. The van der Waals surface area contributed by atoms with Gasteiger partial charge in [0.25, 0.3) is 0 Å². The van der Waals surface area contributed by atoms with Crippen molar-refractivity contribution in [3.05, 3.63) is 35.4 Å². The summed E-state index contributed by atoms with van der Waals surface area (Å²) in [5.41, 5.74) is 2.26. The molecule has 2 unspecified atom stereocenters. The van der Waals surface area contributed by atoms with Crippen LogP contribution in [0.2, 0.25) is 0 Å². The fraction of sp³-hybridized carbons (Fsp3) is 0.462.